The predicted molar refractivity (Wildman–Crippen MR) is 104 cm³/mol. The Morgan fingerprint density at radius 2 is 1.84 bits per heavy atom. The van der Waals surface area contributed by atoms with Gasteiger partial charge in [-0.1, -0.05) is 29.8 Å². The van der Waals surface area contributed by atoms with Crippen LogP contribution in [0, 0.1) is 0 Å². The molecule has 0 saturated carbocycles. The summed E-state index contributed by atoms with van der Waals surface area (Å²) in [5.41, 5.74) is 2.96. The Kier molecular flexibility index (Phi) is 4.42. The quantitative estimate of drug-likeness (QED) is 0.776. The predicted octanol–water partition coefficient (Wildman–Crippen LogP) is 3.78. The molecular weight excluding hydrogens is 334 g/mol. The van der Waals surface area contributed by atoms with Crippen molar-refractivity contribution in [1.29, 1.82) is 0 Å². The molecule has 25 heavy (non-hydrogen) atoms. The Bertz CT molecular complexity index is 890. The largest absolute Gasteiger partial charge is 0.369 e. The van der Waals surface area contributed by atoms with Gasteiger partial charge in [0.1, 0.15) is 0 Å². The zero-order valence-electron chi connectivity index (χ0n) is 14.1. The van der Waals surface area contributed by atoms with Gasteiger partial charge in [0.05, 0.1) is 10.5 Å². The lowest BCUT2D eigenvalue weighted by Crippen LogP contribution is -2.44. The zero-order valence-corrected chi connectivity index (χ0v) is 14.9. The summed E-state index contributed by atoms with van der Waals surface area (Å²) in [6.45, 7) is 4.26. The molecule has 1 aliphatic rings. The summed E-state index contributed by atoms with van der Waals surface area (Å²) in [7, 11) is 2.16. The average Bonchev–Trinajstić information content (AvgIpc) is 2.63. The molecule has 1 fully saturated rings. The van der Waals surface area contributed by atoms with Crippen molar-refractivity contribution in [3.63, 3.8) is 0 Å². The van der Waals surface area contributed by atoms with Crippen LogP contribution in [0.5, 0.6) is 0 Å². The first-order chi connectivity index (χ1) is 12.2. The van der Waals surface area contributed by atoms with Crippen LogP contribution in [-0.4, -0.2) is 48.1 Å². The van der Waals surface area contributed by atoms with Crippen molar-refractivity contribution in [3.05, 3.63) is 53.7 Å². The minimum atomic E-state index is 0.552. The fourth-order valence-corrected chi connectivity index (χ4v) is 3.28. The van der Waals surface area contributed by atoms with Gasteiger partial charge >= 0.3 is 0 Å². The molecule has 1 aliphatic heterocycles. The van der Waals surface area contributed by atoms with E-state index in [9.17, 15) is 0 Å². The van der Waals surface area contributed by atoms with Crippen LogP contribution < -0.4 is 10.2 Å². The molecule has 0 spiro atoms. The Morgan fingerprint density at radius 3 is 2.68 bits per heavy atom. The Balaban J connectivity index is 1.57. The van der Waals surface area contributed by atoms with E-state index < -0.39 is 0 Å². The van der Waals surface area contributed by atoms with E-state index in [2.05, 4.69) is 50.3 Å². The molecule has 1 saturated heterocycles. The molecular formula is C19H20ClN5. The molecule has 3 aromatic rings. The van der Waals surface area contributed by atoms with Gasteiger partial charge in [0.2, 0.25) is 5.95 Å². The van der Waals surface area contributed by atoms with Crippen molar-refractivity contribution >= 4 is 39.8 Å². The van der Waals surface area contributed by atoms with E-state index in [1.54, 1.807) is 6.20 Å². The van der Waals surface area contributed by atoms with Crippen molar-refractivity contribution in [1.82, 2.24) is 14.9 Å². The van der Waals surface area contributed by atoms with Crippen molar-refractivity contribution in [2.45, 2.75) is 0 Å². The number of nitrogens with one attached hydrogen (secondary N) is 1. The van der Waals surface area contributed by atoms with Gasteiger partial charge in [0.25, 0.3) is 0 Å². The number of benzene rings is 2. The van der Waals surface area contributed by atoms with Crippen LogP contribution in [0.15, 0.2) is 48.7 Å². The molecule has 128 valence electrons. The first-order valence-electron chi connectivity index (χ1n) is 8.41. The number of hydrogen-bond donors (Lipinski definition) is 1. The van der Waals surface area contributed by atoms with Gasteiger partial charge in [-0.05, 0) is 31.3 Å². The molecule has 0 aliphatic carbocycles. The fraction of sp³-hybridized carbons (Fsp3) is 0.263. The number of aromatic nitrogens is 2. The maximum atomic E-state index is 6.24. The molecule has 0 radical (unpaired) electrons. The summed E-state index contributed by atoms with van der Waals surface area (Å²) in [4.78, 5) is 13.7. The molecule has 0 unspecified atom stereocenters. The van der Waals surface area contributed by atoms with E-state index >= 15 is 0 Å². The highest BCUT2D eigenvalue weighted by Gasteiger charge is 2.14. The van der Waals surface area contributed by atoms with Crippen LogP contribution in [0.4, 0.5) is 17.3 Å². The smallest absolute Gasteiger partial charge is 0.227 e. The molecule has 5 nitrogen and oxygen atoms in total. The van der Waals surface area contributed by atoms with Gasteiger partial charge < -0.3 is 15.1 Å². The molecule has 2 aromatic carbocycles. The summed E-state index contributed by atoms with van der Waals surface area (Å²) >= 11 is 6.24. The highest BCUT2D eigenvalue weighted by Crippen LogP contribution is 2.25. The van der Waals surface area contributed by atoms with Gasteiger partial charge in [-0.2, -0.15) is 0 Å². The van der Waals surface area contributed by atoms with Crippen LogP contribution in [0.2, 0.25) is 5.02 Å². The molecule has 0 bridgehead atoms. The summed E-state index contributed by atoms with van der Waals surface area (Å²) in [5.74, 6) is 0.552. The third-order valence-corrected chi connectivity index (χ3v) is 4.84. The van der Waals surface area contributed by atoms with Crippen LogP contribution in [0.1, 0.15) is 0 Å². The number of hydrogen-bond acceptors (Lipinski definition) is 5. The van der Waals surface area contributed by atoms with Crippen molar-refractivity contribution in [2.24, 2.45) is 0 Å². The van der Waals surface area contributed by atoms with Gasteiger partial charge in [0.15, 0.2) is 0 Å². The van der Waals surface area contributed by atoms with E-state index in [1.807, 2.05) is 24.3 Å². The van der Waals surface area contributed by atoms with E-state index in [-0.39, 0.29) is 0 Å². The second kappa shape index (κ2) is 6.86. The number of para-hydroxylation sites is 1. The molecule has 1 N–H and O–H groups in total. The monoisotopic (exact) mass is 353 g/mol. The second-order valence-corrected chi connectivity index (χ2v) is 6.74. The molecule has 0 amide bonds. The Labute approximate surface area is 152 Å². The molecule has 2 heterocycles. The minimum absolute atomic E-state index is 0.552. The lowest BCUT2D eigenvalue weighted by molar-refractivity contribution is 0.313. The van der Waals surface area contributed by atoms with Crippen molar-refractivity contribution < 1.29 is 0 Å². The van der Waals surface area contributed by atoms with Gasteiger partial charge in [0, 0.05) is 49.1 Å². The normalized spacial score (nSPS) is 15.5. The van der Waals surface area contributed by atoms with Gasteiger partial charge in [-0.15, -0.1) is 0 Å². The summed E-state index contributed by atoms with van der Waals surface area (Å²) in [6, 6.07) is 14.1. The van der Waals surface area contributed by atoms with E-state index in [0.29, 0.717) is 11.0 Å². The third kappa shape index (κ3) is 3.52. The number of rotatable bonds is 3. The number of piperazine rings is 1. The lowest BCUT2D eigenvalue weighted by Gasteiger charge is -2.34. The van der Waals surface area contributed by atoms with Crippen LogP contribution in [0.3, 0.4) is 0 Å². The third-order valence-electron chi connectivity index (χ3n) is 4.53. The number of likely N-dealkylation sites (N-methyl/N-ethyl adjacent to an activating group) is 1. The zero-order chi connectivity index (χ0) is 17.2. The van der Waals surface area contributed by atoms with E-state index in [1.165, 1.54) is 5.69 Å². The molecule has 0 atom stereocenters. The van der Waals surface area contributed by atoms with Gasteiger partial charge in [-0.3, -0.25) is 0 Å². The highest BCUT2D eigenvalue weighted by molar-refractivity contribution is 6.35. The summed E-state index contributed by atoms with van der Waals surface area (Å²) in [5, 5.41) is 4.86. The minimum Gasteiger partial charge on any atom is -0.369 e. The van der Waals surface area contributed by atoms with E-state index in [0.717, 1.165) is 42.8 Å². The average molecular weight is 354 g/mol. The van der Waals surface area contributed by atoms with Crippen LogP contribution in [-0.2, 0) is 0 Å². The van der Waals surface area contributed by atoms with E-state index in [4.69, 9.17) is 11.6 Å². The SMILES string of the molecule is CN1CCN(c2cccc(Nc3ncc4cccc(Cl)c4n3)c2)CC1. The number of halogens is 1. The number of nitrogens with zero attached hydrogens (tertiary/aromatic N) is 4. The standard InChI is InChI=1S/C19H20ClN5/c1-24-8-10-25(11-9-24)16-6-3-5-15(12-16)22-19-21-13-14-4-2-7-17(20)18(14)23-19/h2-7,12-13H,8-11H2,1H3,(H,21,22,23). The molecule has 1 aromatic heterocycles. The first-order valence-corrected chi connectivity index (χ1v) is 8.79. The number of anilines is 3. The fourth-order valence-electron chi connectivity index (χ4n) is 3.05. The van der Waals surface area contributed by atoms with Crippen molar-refractivity contribution in [3.8, 4) is 0 Å². The maximum Gasteiger partial charge on any atom is 0.227 e. The highest BCUT2D eigenvalue weighted by atomic mass is 35.5. The van der Waals surface area contributed by atoms with Crippen LogP contribution in [0.25, 0.3) is 10.9 Å². The Hall–Kier alpha value is -2.37. The molecule has 4 rings (SSSR count). The first kappa shape index (κ1) is 16.1. The molecule has 6 heteroatoms. The van der Waals surface area contributed by atoms with Crippen LogP contribution >= 0.6 is 11.6 Å². The topological polar surface area (TPSA) is 44.3 Å². The van der Waals surface area contributed by atoms with Crippen molar-refractivity contribution in [2.75, 3.05) is 43.4 Å². The number of fused-ring (bicyclic) bond motifs is 1. The second-order valence-electron chi connectivity index (χ2n) is 6.34. The Morgan fingerprint density at radius 1 is 1.04 bits per heavy atom. The maximum absolute atomic E-state index is 6.24. The lowest BCUT2D eigenvalue weighted by atomic mass is 10.2. The summed E-state index contributed by atoms with van der Waals surface area (Å²) in [6.07, 6.45) is 1.79. The van der Waals surface area contributed by atoms with Gasteiger partial charge in [-0.25, -0.2) is 9.97 Å². The summed E-state index contributed by atoms with van der Waals surface area (Å²) < 4.78 is 0.